The van der Waals surface area contributed by atoms with E-state index >= 15 is 0 Å². The lowest BCUT2D eigenvalue weighted by Gasteiger charge is -2.28. The van der Waals surface area contributed by atoms with E-state index in [-0.39, 0.29) is 18.3 Å². The van der Waals surface area contributed by atoms with Crippen LogP contribution in [-0.4, -0.2) is 27.2 Å². The first-order valence-electron chi connectivity index (χ1n) is 7.68. The quantitative estimate of drug-likeness (QED) is 0.783. The summed E-state index contributed by atoms with van der Waals surface area (Å²) in [6.45, 7) is 4.35. The molecule has 2 rings (SSSR count). The molecule has 0 atom stereocenters. The lowest BCUT2D eigenvalue weighted by atomic mass is 9.81. The zero-order valence-electron chi connectivity index (χ0n) is 14.2. The van der Waals surface area contributed by atoms with Crippen molar-refractivity contribution >= 4 is 35.8 Å². The number of hydrogen-bond donors (Lipinski definition) is 2. The summed E-state index contributed by atoms with van der Waals surface area (Å²) >= 11 is 1.52. The first-order chi connectivity index (χ1) is 11.0. The van der Waals surface area contributed by atoms with E-state index < -0.39 is 5.41 Å². The largest absolute Gasteiger partial charge is 0.329 e. The normalized spacial score (nSPS) is 11.0. The minimum absolute atomic E-state index is 0. The second kappa shape index (κ2) is 9.05. The third-order valence-electron chi connectivity index (χ3n) is 4.22. The number of aryl methyl sites for hydroxylation is 1. The lowest BCUT2D eigenvalue weighted by Crippen LogP contribution is -2.41. The fraction of sp³-hybridized carbons (Fsp3) is 0.438. The van der Waals surface area contributed by atoms with Gasteiger partial charge in [0.15, 0.2) is 5.16 Å². The van der Waals surface area contributed by atoms with Crippen LogP contribution < -0.4 is 11.1 Å². The van der Waals surface area contributed by atoms with Crippen LogP contribution in [0.5, 0.6) is 0 Å². The topological polar surface area (TPSA) is 85.8 Å². The molecule has 1 aromatic carbocycles. The van der Waals surface area contributed by atoms with E-state index in [1.807, 2.05) is 49.7 Å². The molecule has 6 nitrogen and oxygen atoms in total. The molecular formula is C16H24ClN5OS. The molecule has 3 N–H and O–H groups in total. The van der Waals surface area contributed by atoms with Crippen molar-refractivity contribution in [1.29, 1.82) is 0 Å². The molecule has 1 heterocycles. The highest BCUT2D eigenvalue weighted by molar-refractivity contribution is 7.99. The van der Waals surface area contributed by atoms with Crippen LogP contribution in [0.25, 0.3) is 0 Å². The van der Waals surface area contributed by atoms with Gasteiger partial charge in [-0.1, -0.05) is 13.8 Å². The number of amides is 1. The summed E-state index contributed by atoms with van der Waals surface area (Å²) in [7, 11) is 1.90. The first-order valence-corrected chi connectivity index (χ1v) is 8.49. The summed E-state index contributed by atoms with van der Waals surface area (Å²) in [5.74, 6) is -0.0151. The van der Waals surface area contributed by atoms with Crippen LogP contribution in [-0.2, 0) is 11.8 Å². The summed E-state index contributed by atoms with van der Waals surface area (Å²) < 4.78 is 1.86. The molecule has 2 aromatic rings. The smallest absolute Gasteiger partial charge is 0.231 e. The highest BCUT2D eigenvalue weighted by atomic mass is 35.5. The third-order valence-corrected chi connectivity index (χ3v) is 5.28. The molecule has 24 heavy (non-hydrogen) atoms. The molecule has 0 radical (unpaired) electrons. The first kappa shape index (κ1) is 20.5. The molecule has 1 aromatic heterocycles. The fourth-order valence-electron chi connectivity index (χ4n) is 2.29. The lowest BCUT2D eigenvalue weighted by molar-refractivity contribution is -0.125. The van der Waals surface area contributed by atoms with E-state index in [9.17, 15) is 4.79 Å². The SMILES string of the molecule is CCC(CC)(CN)C(=O)Nc1ccc(Sc2nncn2C)cc1.Cl. The number of nitrogens with one attached hydrogen (secondary N) is 1. The number of carbonyl (C=O) groups excluding carboxylic acids is 1. The van der Waals surface area contributed by atoms with Gasteiger partial charge in [0, 0.05) is 24.2 Å². The van der Waals surface area contributed by atoms with Gasteiger partial charge in [-0.3, -0.25) is 4.79 Å². The second-order valence-electron chi connectivity index (χ2n) is 5.50. The highest BCUT2D eigenvalue weighted by Gasteiger charge is 2.33. The Kier molecular flexibility index (Phi) is 7.72. The molecule has 0 aliphatic heterocycles. The van der Waals surface area contributed by atoms with Crippen molar-refractivity contribution in [3.05, 3.63) is 30.6 Å². The van der Waals surface area contributed by atoms with Gasteiger partial charge in [-0.15, -0.1) is 22.6 Å². The maximum absolute atomic E-state index is 12.5. The summed E-state index contributed by atoms with van der Waals surface area (Å²) in [5, 5.41) is 11.7. The van der Waals surface area contributed by atoms with E-state index in [4.69, 9.17) is 5.73 Å². The number of anilines is 1. The van der Waals surface area contributed by atoms with Crippen LogP contribution in [0.15, 0.2) is 40.6 Å². The molecule has 0 spiro atoms. The average Bonchev–Trinajstić information content (AvgIpc) is 2.96. The predicted molar refractivity (Wildman–Crippen MR) is 99.5 cm³/mol. The molecule has 0 saturated heterocycles. The minimum atomic E-state index is -0.494. The van der Waals surface area contributed by atoms with Gasteiger partial charge in [0.2, 0.25) is 5.91 Å². The molecule has 132 valence electrons. The molecule has 8 heteroatoms. The summed E-state index contributed by atoms with van der Waals surface area (Å²) in [5.41, 5.74) is 6.10. The van der Waals surface area contributed by atoms with Crippen LogP contribution in [0.2, 0.25) is 0 Å². The maximum atomic E-state index is 12.5. The van der Waals surface area contributed by atoms with Crippen molar-refractivity contribution in [3.63, 3.8) is 0 Å². The van der Waals surface area contributed by atoms with Crippen molar-refractivity contribution in [3.8, 4) is 0 Å². The van der Waals surface area contributed by atoms with Gasteiger partial charge in [-0.25, -0.2) is 0 Å². The van der Waals surface area contributed by atoms with Gasteiger partial charge in [0.05, 0.1) is 5.41 Å². The average molecular weight is 370 g/mol. The zero-order valence-corrected chi connectivity index (χ0v) is 15.8. The Labute approximate surface area is 153 Å². The zero-order chi connectivity index (χ0) is 16.9. The molecule has 0 aliphatic rings. The maximum Gasteiger partial charge on any atom is 0.231 e. The number of benzene rings is 1. The molecule has 0 aliphatic carbocycles. The molecular weight excluding hydrogens is 346 g/mol. The Hall–Kier alpha value is -1.57. The summed E-state index contributed by atoms with van der Waals surface area (Å²) in [6.07, 6.45) is 3.12. The predicted octanol–water partition coefficient (Wildman–Crippen LogP) is 3.09. The van der Waals surface area contributed by atoms with Gasteiger partial charge < -0.3 is 15.6 Å². The van der Waals surface area contributed by atoms with Gasteiger partial charge in [-0.2, -0.15) is 0 Å². The Morgan fingerprint density at radius 2 is 1.92 bits per heavy atom. The van der Waals surface area contributed by atoms with Crippen LogP contribution in [0.3, 0.4) is 0 Å². The number of aromatic nitrogens is 3. The molecule has 0 fully saturated rings. The number of rotatable bonds is 7. The van der Waals surface area contributed by atoms with E-state index in [0.717, 1.165) is 28.6 Å². The standard InChI is InChI=1S/C16H23N5OS.ClH/c1-4-16(5-2,10-17)14(22)19-12-6-8-13(9-7-12)23-15-20-18-11-21(15)3;/h6-9,11H,4-5,10,17H2,1-3H3,(H,19,22);1H. The highest BCUT2D eigenvalue weighted by Crippen LogP contribution is 2.29. The van der Waals surface area contributed by atoms with E-state index in [1.54, 1.807) is 6.33 Å². The van der Waals surface area contributed by atoms with Crippen LogP contribution in [0.1, 0.15) is 26.7 Å². The number of carbonyl (C=O) groups is 1. The van der Waals surface area contributed by atoms with Crippen molar-refractivity contribution in [1.82, 2.24) is 14.8 Å². The molecule has 0 unspecified atom stereocenters. The monoisotopic (exact) mass is 369 g/mol. The van der Waals surface area contributed by atoms with Crippen molar-refractivity contribution < 1.29 is 4.79 Å². The van der Waals surface area contributed by atoms with Crippen LogP contribution in [0.4, 0.5) is 5.69 Å². The van der Waals surface area contributed by atoms with Crippen LogP contribution >= 0.6 is 24.2 Å². The Balaban J connectivity index is 0.00000288. The van der Waals surface area contributed by atoms with Gasteiger partial charge in [0.25, 0.3) is 0 Å². The Morgan fingerprint density at radius 3 is 2.38 bits per heavy atom. The van der Waals surface area contributed by atoms with Crippen molar-refractivity contribution in [2.24, 2.45) is 18.2 Å². The van der Waals surface area contributed by atoms with Crippen molar-refractivity contribution in [2.75, 3.05) is 11.9 Å². The second-order valence-corrected chi connectivity index (χ2v) is 6.54. The van der Waals surface area contributed by atoms with Gasteiger partial charge in [-0.05, 0) is 48.9 Å². The van der Waals surface area contributed by atoms with E-state index in [0.29, 0.717) is 6.54 Å². The Bertz CT molecular complexity index is 646. The van der Waals surface area contributed by atoms with Gasteiger partial charge in [0.1, 0.15) is 6.33 Å². The minimum Gasteiger partial charge on any atom is -0.329 e. The fourth-order valence-corrected chi connectivity index (χ4v) is 3.05. The number of nitrogens with zero attached hydrogens (tertiary/aromatic N) is 3. The van der Waals surface area contributed by atoms with Crippen LogP contribution in [0, 0.1) is 5.41 Å². The summed E-state index contributed by atoms with van der Waals surface area (Å²) in [4.78, 5) is 13.5. The summed E-state index contributed by atoms with van der Waals surface area (Å²) in [6, 6.07) is 7.69. The third kappa shape index (κ3) is 4.49. The molecule has 0 bridgehead atoms. The number of hydrogen-bond acceptors (Lipinski definition) is 5. The van der Waals surface area contributed by atoms with Gasteiger partial charge >= 0.3 is 0 Å². The molecule has 1 amide bonds. The van der Waals surface area contributed by atoms with E-state index in [1.165, 1.54) is 11.8 Å². The number of halogens is 1. The van der Waals surface area contributed by atoms with Crippen molar-refractivity contribution in [2.45, 2.75) is 36.7 Å². The van der Waals surface area contributed by atoms with E-state index in [2.05, 4.69) is 15.5 Å². The Morgan fingerprint density at radius 1 is 1.29 bits per heavy atom. The number of nitrogens with two attached hydrogens (primary N) is 1. The molecule has 0 saturated carbocycles.